The van der Waals surface area contributed by atoms with Gasteiger partial charge in [-0.2, -0.15) is 0 Å². The van der Waals surface area contributed by atoms with E-state index in [0.717, 1.165) is 29.3 Å². The average molecular weight is 516 g/mol. The SMILES string of the molecule is CC(C)(C)Cc1ccc2c(CC(C)(C)C)c3c(cc2c1)c1ncnc2ccc4c5c(P)cccc5n3c4c21. The topological polar surface area (TPSA) is 30.2 Å². The van der Waals surface area contributed by atoms with E-state index in [-0.39, 0.29) is 10.8 Å². The van der Waals surface area contributed by atoms with E-state index in [4.69, 9.17) is 9.97 Å². The summed E-state index contributed by atoms with van der Waals surface area (Å²) in [7, 11) is 2.96. The summed E-state index contributed by atoms with van der Waals surface area (Å²) in [6, 6.07) is 20.6. The fraction of sp³-hybridized carbons (Fsp3) is 0.294. The lowest BCUT2D eigenvalue weighted by Crippen LogP contribution is -2.12. The van der Waals surface area contributed by atoms with Gasteiger partial charge in [-0.3, -0.25) is 0 Å². The first-order valence-corrected chi connectivity index (χ1v) is 14.1. The maximum absolute atomic E-state index is 4.95. The molecule has 7 rings (SSSR count). The second-order valence-corrected chi connectivity index (χ2v) is 14.1. The minimum Gasteiger partial charge on any atom is -0.307 e. The average Bonchev–Trinajstić information content (AvgIpc) is 3.17. The van der Waals surface area contributed by atoms with Crippen LogP contribution in [0.25, 0.3) is 59.9 Å². The third-order valence-corrected chi connectivity index (χ3v) is 8.27. The van der Waals surface area contributed by atoms with Gasteiger partial charge in [-0.15, -0.1) is 9.24 Å². The minimum absolute atomic E-state index is 0.123. The summed E-state index contributed by atoms with van der Waals surface area (Å²) in [6.45, 7) is 14.0. The maximum atomic E-state index is 4.95. The number of hydrogen-bond donors (Lipinski definition) is 0. The largest absolute Gasteiger partial charge is 0.307 e. The Labute approximate surface area is 225 Å². The van der Waals surface area contributed by atoms with E-state index in [1.54, 1.807) is 6.33 Å². The van der Waals surface area contributed by atoms with Crippen LogP contribution >= 0.6 is 9.24 Å². The Kier molecular flexibility index (Phi) is 4.93. The molecule has 3 nitrogen and oxygen atoms in total. The molecule has 3 aromatic heterocycles. The van der Waals surface area contributed by atoms with Crippen molar-refractivity contribution in [3.05, 3.63) is 72.1 Å². The van der Waals surface area contributed by atoms with Crippen LogP contribution in [-0.4, -0.2) is 14.4 Å². The molecule has 0 N–H and O–H groups in total. The summed E-state index contributed by atoms with van der Waals surface area (Å²) >= 11 is 0. The summed E-state index contributed by atoms with van der Waals surface area (Å²) < 4.78 is 2.52. The summed E-state index contributed by atoms with van der Waals surface area (Å²) in [5, 5.41) is 8.79. The quantitative estimate of drug-likeness (QED) is 0.131. The molecule has 0 aliphatic carbocycles. The van der Waals surface area contributed by atoms with Gasteiger partial charge in [0.2, 0.25) is 0 Å². The summed E-state index contributed by atoms with van der Waals surface area (Å²) in [4.78, 5) is 9.65. The molecular formula is C34H34N3P. The number of pyridine rings is 1. The van der Waals surface area contributed by atoms with Crippen molar-refractivity contribution in [3.63, 3.8) is 0 Å². The van der Waals surface area contributed by atoms with Gasteiger partial charge in [-0.05, 0) is 75.1 Å². The Morgan fingerprint density at radius 2 is 1.50 bits per heavy atom. The standard InChI is InChI=1S/C34H34N3P/c1-33(2,3)16-19-10-11-21-20(14-19)15-23-30-29-25(35-18-36-30)13-12-22-28-26(8-7-9-27(28)38)37(32(22)29)31(23)24(21)17-34(4,5)6/h7-15,18H,16-17,38H2,1-6H3. The smallest absolute Gasteiger partial charge is 0.116 e. The first kappa shape index (κ1) is 23.8. The Balaban J connectivity index is 1.77. The monoisotopic (exact) mass is 515 g/mol. The Morgan fingerprint density at radius 1 is 0.737 bits per heavy atom. The van der Waals surface area contributed by atoms with Gasteiger partial charge in [0.15, 0.2) is 0 Å². The molecule has 38 heavy (non-hydrogen) atoms. The van der Waals surface area contributed by atoms with Crippen molar-refractivity contribution in [2.45, 2.75) is 54.4 Å². The molecule has 0 aliphatic heterocycles. The van der Waals surface area contributed by atoms with Gasteiger partial charge in [0.1, 0.15) is 6.33 Å². The van der Waals surface area contributed by atoms with Gasteiger partial charge in [0.05, 0.1) is 33.0 Å². The highest BCUT2D eigenvalue weighted by Crippen LogP contribution is 2.43. The third-order valence-electron chi connectivity index (χ3n) is 7.79. The zero-order chi connectivity index (χ0) is 26.6. The van der Waals surface area contributed by atoms with Crippen LogP contribution in [-0.2, 0) is 12.8 Å². The van der Waals surface area contributed by atoms with Crippen molar-refractivity contribution in [2.24, 2.45) is 10.8 Å². The fourth-order valence-electron chi connectivity index (χ4n) is 6.55. The van der Waals surface area contributed by atoms with Gasteiger partial charge in [0, 0.05) is 16.2 Å². The van der Waals surface area contributed by atoms with Crippen molar-refractivity contribution in [2.75, 3.05) is 0 Å². The predicted molar refractivity (Wildman–Crippen MR) is 167 cm³/mol. The molecule has 4 aromatic carbocycles. The van der Waals surface area contributed by atoms with Crippen LogP contribution in [0.2, 0.25) is 0 Å². The molecule has 1 atom stereocenters. The van der Waals surface area contributed by atoms with Crippen LogP contribution in [0.5, 0.6) is 0 Å². The van der Waals surface area contributed by atoms with Gasteiger partial charge < -0.3 is 4.40 Å². The molecule has 0 fully saturated rings. The third kappa shape index (κ3) is 3.52. The van der Waals surface area contributed by atoms with E-state index in [2.05, 4.69) is 110 Å². The number of rotatable bonds is 2. The first-order chi connectivity index (χ1) is 18.0. The lowest BCUT2D eigenvalue weighted by Gasteiger charge is -2.24. The number of benzene rings is 4. The molecule has 190 valence electrons. The highest BCUT2D eigenvalue weighted by atomic mass is 31.0. The fourth-order valence-corrected chi connectivity index (χ4v) is 6.97. The zero-order valence-electron chi connectivity index (χ0n) is 23.1. The van der Waals surface area contributed by atoms with Crippen LogP contribution in [0.1, 0.15) is 52.7 Å². The van der Waals surface area contributed by atoms with Crippen LogP contribution in [0.3, 0.4) is 0 Å². The van der Waals surface area contributed by atoms with Gasteiger partial charge >= 0.3 is 0 Å². The molecule has 0 bridgehead atoms. The van der Waals surface area contributed by atoms with Crippen LogP contribution in [0.15, 0.2) is 60.9 Å². The van der Waals surface area contributed by atoms with E-state index in [9.17, 15) is 0 Å². The molecule has 0 amide bonds. The van der Waals surface area contributed by atoms with Crippen molar-refractivity contribution >= 4 is 74.4 Å². The number of fused-ring (bicyclic) bond motifs is 7. The Hall–Kier alpha value is -3.29. The lowest BCUT2D eigenvalue weighted by molar-refractivity contribution is 0.411. The highest BCUT2D eigenvalue weighted by molar-refractivity contribution is 7.28. The lowest BCUT2D eigenvalue weighted by atomic mass is 9.83. The number of aromatic nitrogens is 3. The maximum Gasteiger partial charge on any atom is 0.116 e. The zero-order valence-corrected chi connectivity index (χ0v) is 24.3. The molecule has 0 saturated heterocycles. The summed E-state index contributed by atoms with van der Waals surface area (Å²) in [5.41, 5.74) is 8.96. The molecule has 0 spiro atoms. The molecule has 3 heterocycles. The molecule has 1 unspecified atom stereocenters. The van der Waals surface area contributed by atoms with E-state index < -0.39 is 0 Å². The van der Waals surface area contributed by atoms with Gasteiger partial charge in [0.25, 0.3) is 0 Å². The summed E-state index contributed by atoms with van der Waals surface area (Å²) in [5.74, 6) is 0. The van der Waals surface area contributed by atoms with Crippen LogP contribution in [0, 0.1) is 10.8 Å². The predicted octanol–water partition coefficient (Wildman–Crippen LogP) is 8.61. The van der Waals surface area contributed by atoms with Gasteiger partial charge in [-0.1, -0.05) is 71.9 Å². The molecule has 4 heteroatoms. The van der Waals surface area contributed by atoms with Crippen molar-refractivity contribution in [1.29, 1.82) is 0 Å². The van der Waals surface area contributed by atoms with Crippen LogP contribution in [0.4, 0.5) is 0 Å². The Bertz CT molecular complexity index is 2050. The van der Waals surface area contributed by atoms with E-state index in [1.165, 1.54) is 59.9 Å². The second-order valence-electron chi connectivity index (χ2n) is 13.4. The van der Waals surface area contributed by atoms with Crippen molar-refractivity contribution in [3.8, 4) is 0 Å². The molecular weight excluding hydrogens is 481 g/mol. The Morgan fingerprint density at radius 3 is 2.26 bits per heavy atom. The van der Waals surface area contributed by atoms with E-state index in [0.29, 0.717) is 0 Å². The van der Waals surface area contributed by atoms with Gasteiger partial charge in [-0.25, -0.2) is 9.97 Å². The normalized spacial score (nSPS) is 13.3. The number of nitrogens with zero attached hydrogens (tertiary/aromatic N) is 3. The molecule has 0 radical (unpaired) electrons. The summed E-state index contributed by atoms with van der Waals surface area (Å²) in [6.07, 6.45) is 3.76. The van der Waals surface area contributed by atoms with E-state index >= 15 is 0 Å². The van der Waals surface area contributed by atoms with Crippen LogP contribution < -0.4 is 5.30 Å². The number of hydrogen-bond acceptors (Lipinski definition) is 2. The first-order valence-electron chi connectivity index (χ1n) is 13.6. The highest BCUT2D eigenvalue weighted by Gasteiger charge is 2.25. The molecule has 7 aromatic rings. The van der Waals surface area contributed by atoms with E-state index in [1.807, 2.05) is 0 Å². The molecule has 0 aliphatic rings. The van der Waals surface area contributed by atoms with Crippen molar-refractivity contribution in [1.82, 2.24) is 14.4 Å². The minimum atomic E-state index is 0.123. The second kappa shape index (κ2) is 7.87. The molecule has 0 saturated carbocycles. The van der Waals surface area contributed by atoms with Crippen molar-refractivity contribution < 1.29 is 0 Å².